The summed E-state index contributed by atoms with van der Waals surface area (Å²) in [5.41, 5.74) is 8.06. The molecule has 0 radical (unpaired) electrons. The number of nitrogens with zero attached hydrogens (tertiary/aromatic N) is 3. The number of aromatic amines is 1. The van der Waals surface area contributed by atoms with Crippen molar-refractivity contribution in [1.29, 1.82) is 0 Å². The lowest BCUT2D eigenvalue weighted by molar-refractivity contribution is 1.29. The van der Waals surface area contributed by atoms with Crippen LogP contribution >= 0.6 is 0 Å². The molecule has 0 bridgehead atoms. The van der Waals surface area contributed by atoms with Crippen molar-refractivity contribution in [2.75, 3.05) is 0 Å². The van der Waals surface area contributed by atoms with Crippen LogP contribution in [0.15, 0.2) is 104 Å². The summed E-state index contributed by atoms with van der Waals surface area (Å²) >= 11 is 0. The summed E-state index contributed by atoms with van der Waals surface area (Å²) in [4.78, 5) is 17.6. The Balaban J connectivity index is 1.58. The highest BCUT2D eigenvalue weighted by molar-refractivity contribution is 6.14. The van der Waals surface area contributed by atoms with E-state index >= 15 is 0 Å². The van der Waals surface area contributed by atoms with E-state index in [1.54, 1.807) is 6.20 Å². The summed E-state index contributed by atoms with van der Waals surface area (Å²) < 4.78 is 0. The van der Waals surface area contributed by atoms with Crippen LogP contribution < -0.4 is 0 Å². The fourth-order valence-corrected chi connectivity index (χ4v) is 4.12. The zero-order valence-corrected chi connectivity index (χ0v) is 16.7. The monoisotopic (exact) mass is 398 g/mol. The molecule has 0 saturated carbocycles. The van der Waals surface area contributed by atoms with Gasteiger partial charge >= 0.3 is 0 Å². The number of hydrogen-bond acceptors (Lipinski definition) is 3. The van der Waals surface area contributed by atoms with E-state index in [0.29, 0.717) is 0 Å². The SMILES string of the molecule is c1ccc(-c2cccc(-c3cccc4c3[nH]c3c(-c5ccccn5)cncc34)n2)cc1. The smallest absolute Gasteiger partial charge is 0.0738 e. The second-order valence-electron chi connectivity index (χ2n) is 7.45. The zero-order chi connectivity index (χ0) is 20.6. The van der Waals surface area contributed by atoms with Crippen molar-refractivity contribution in [1.82, 2.24) is 19.9 Å². The van der Waals surface area contributed by atoms with Crippen LogP contribution in [0.5, 0.6) is 0 Å². The maximum atomic E-state index is 4.97. The summed E-state index contributed by atoms with van der Waals surface area (Å²) in [6, 6.07) is 28.7. The van der Waals surface area contributed by atoms with E-state index in [1.807, 2.05) is 54.9 Å². The molecule has 4 heterocycles. The minimum atomic E-state index is 0.901. The van der Waals surface area contributed by atoms with Gasteiger partial charge in [-0.25, -0.2) is 4.98 Å². The minimum Gasteiger partial charge on any atom is -0.353 e. The zero-order valence-electron chi connectivity index (χ0n) is 16.7. The number of H-pyrrole nitrogens is 1. The third kappa shape index (κ3) is 2.97. The molecule has 4 nitrogen and oxygen atoms in total. The van der Waals surface area contributed by atoms with E-state index in [9.17, 15) is 0 Å². The fraction of sp³-hybridized carbons (Fsp3) is 0. The maximum absolute atomic E-state index is 4.97. The van der Waals surface area contributed by atoms with E-state index in [2.05, 4.69) is 57.4 Å². The Kier molecular flexibility index (Phi) is 4.06. The van der Waals surface area contributed by atoms with E-state index in [4.69, 9.17) is 4.98 Å². The minimum absolute atomic E-state index is 0.901. The summed E-state index contributed by atoms with van der Waals surface area (Å²) in [5, 5.41) is 2.21. The third-order valence-corrected chi connectivity index (χ3v) is 5.59. The van der Waals surface area contributed by atoms with Gasteiger partial charge in [-0.1, -0.05) is 60.7 Å². The van der Waals surface area contributed by atoms with Gasteiger partial charge in [0, 0.05) is 46.1 Å². The van der Waals surface area contributed by atoms with Crippen molar-refractivity contribution in [3.8, 4) is 33.8 Å². The molecule has 146 valence electrons. The number of rotatable bonds is 3. The Morgan fingerprint density at radius 3 is 2.19 bits per heavy atom. The first-order valence-corrected chi connectivity index (χ1v) is 10.2. The molecular formula is C27H18N4. The molecule has 6 rings (SSSR count). The highest BCUT2D eigenvalue weighted by atomic mass is 14.8. The molecule has 0 amide bonds. The van der Waals surface area contributed by atoms with Gasteiger partial charge in [0.25, 0.3) is 0 Å². The quantitative estimate of drug-likeness (QED) is 0.370. The Morgan fingerprint density at radius 1 is 0.548 bits per heavy atom. The van der Waals surface area contributed by atoms with Crippen LogP contribution in [-0.4, -0.2) is 19.9 Å². The van der Waals surface area contributed by atoms with Crippen molar-refractivity contribution >= 4 is 21.8 Å². The van der Waals surface area contributed by atoms with Crippen LogP contribution in [-0.2, 0) is 0 Å². The number of benzene rings is 2. The van der Waals surface area contributed by atoms with Crippen molar-refractivity contribution in [2.45, 2.75) is 0 Å². The van der Waals surface area contributed by atoms with Gasteiger partial charge in [-0.3, -0.25) is 9.97 Å². The molecule has 2 aromatic carbocycles. The van der Waals surface area contributed by atoms with Crippen LogP contribution in [0.25, 0.3) is 55.6 Å². The van der Waals surface area contributed by atoms with Gasteiger partial charge in [-0.2, -0.15) is 0 Å². The third-order valence-electron chi connectivity index (χ3n) is 5.59. The predicted molar refractivity (Wildman–Crippen MR) is 125 cm³/mol. The van der Waals surface area contributed by atoms with Crippen molar-refractivity contribution in [3.63, 3.8) is 0 Å². The molecule has 0 unspecified atom stereocenters. The molecule has 31 heavy (non-hydrogen) atoms. The lowest BCUT2D eigenvalue weighted by atomic mass is 10.0. The van der Waals surface area contributed by atoms with Gasteiger partial charge < -0.3 is 4.98 Å². The highest BCUT2D eigenvalue weighted by Gasteiger charge is 2.14. The van der Waals surface area contributed by atoms with Gasteiger partial charge in [-0.15, -0.1) is 0 Å². The summed E-state index contributed by atoms with van der Waals surface area (Å²) in [6.45, 7) is 0. The normalized spacial score (nSPS) is 11.2. The number of pyridine rings is 3. The number of nitrogens with one attached hydrogen (secondary N) is 1. The first-order valence-electron chi connectivity index (χ1n) is 10.2. The fourth-order valence-electron chi connectivity index (χ4n) is 4.12. The molecule has 4 heteroatoms. The van der Waals surface area contributed by atoms with E-state index < -0.39 is 0 Å². The molecule has 0 aliphatic carbocycles. The molecule has 1 N–H and O–H groups in total. The first-order chi connectivity index (χ1) is 15.4. The second-order valence-corrected chi connectivity index (χ2v) is 7.45. The highest BCUT2D eigenvalue weighted by Crippen LogP contribution is 2.36. The van der Waals surface area contributed by atoms with Crippen molar-refractivity contribution in [2.24, 2.45) is 0 Å². The number of para-hydroxylation sites is 1. The molecule has 0 aliphatic rings. The van der Waals surface area contributed by atoms with Crippen molar-refractivity contribution < 1.29 is 0 Å². The van der Waals surface area contributed by atoms with Gasteiger partial charge in [0.05, 0.1) is 28.1 Å². The Bertz CT molecular complexity index is 1520. The Labute approximate surface area is 179 Å². The van der Waals surface area contributed by atoms with E-state index in [-0.39, 0.29) is 0 Å². The average molecular weight is 398 g/mol. The number of hydrogen-bond donors (Lipinski definition) is 1. The van der Waals surface area contributed by atoms with Crippen LogP contribution in [0, 0.1) is 0 Å². The predicted octanol–water partition coefficient (Wildman–Crippen LogP) is 6.51. The van der Waals surface area contributed by atoms with Crippen LogP contribution in [0.2, 0.25) is 0 Å². The number of aromatic nitrogens is 4. The number of fused-ring (bicyclic) bond motifs is 3. The molecule has 0 aliphatic heterocycles. The van der Waals surface area contributed by atoms with Crippen LogP contribution in [0.3, 0.4) is 0 Å². The second kappa shape index (κ2) is 7.18. The molecule has 0 spiro atoms. The standard InChI is InChI=1S/C27H18N4/c1-2-8-18(9-3-1)23-13-7-14-25(30-23)20-11-6-10-19-21-16-28-17-22(27(21)31-26(19)20)24-12-4-5-15-29-24/h1-17,31H. The largest absolute Gasteiger partial charge is 0.353 e. The van der Waals surface area contributed by atoms with Gasteiger partial charge in [0.2, 0.25) is 0 Å². The van der Waals surface area contributed by atoms with Gasteiger partial charge in [0.15, 0.2) is 0 Å². The Hall–Kier alpha value is -4.31. The lowest BCUT2D eigenvalue weighted by Gasteiger charge is -2.06. The molecule has 0 atom stereocenters. The average Bonchev–Trinajstić information content (AvgIpc) is 3.24. The van der Waals surface area contributed by atoms with E-state index in [1.165, 1.54) is 0 Å². The summed E-state index contributed by atoms with van der Waals surface area (Å²) in [5.74, 6) is 0. The maximum Gasteiger partial charge on any atom is 0.0738 e. The molecule has 0 saturated heterocycles. The summed E-state index contributed by atoms with van der Waals surface area (Å²) in [7, 11) is 0. The first kappa shape index (κ1) is 17.5. The van der Waals surface area contributed by atoms with Gasteiger partial charge in [0.1, 0.15) is 0 Å². The molecular weight excluding hydrogens is 380 g/mol. The van der Waals surface area contributed by atoms with Crippen LogP contribution in [0.1, 0.15) is 0 Å². The van der Waals surface area contributed by atoms with Crippen molar-refractivity contribution in [3.05, 3.63) is 104 Å². The molecule has 0 fully saturated rings. The topological polar surface area (TPSA) is 54.5 Å². The molecule has 6 aromatic rings. The van der Waals surface area contributed by atoms with Crippen LogP contribution in [0.4, 0.5) is 0 Å². The van der Waals surface area contributed by atoms with Gasteiger partial charge in [-0.05, 0) is 24.3 Å². The van der Waals surface area contributed by atoms with E-state index in [0.717, 1.165) is 55.6 Å². The summed E-state index contributed by atoms with van der Waals surface area (Å²) in [6.07, 6.45) is 5.59. The Morgan fingerprint density at radius 2 is 1.32 bits per heavy atom. The lowest BCUT2D eigenvalue weighted by Crippen LogP contribution is -1.88. The molecule has 4 aromatic heterocycles.